The van der Waals surface area contributed by atoms with Gasteiger partial charge in [0.2, 0.25) is 0 Å². The standard InChI is InChI=1S/C16H16N2O5/c1-22-14-6-3-10(8-15(14)23-2)16(21)18-17-9-11-7-12(19)4-5-13(11)20/h3-9,19-20H,1-2H3,(H,18,21)/b17-9+. The topological polar surface area (TPSA) is 100 Å². The zero-order chi connectivity index (χ0) is 16.8. The molecule has 2 rings (SSSR count). The second-order valence-corrected chi connectivity index (χ2v) is 4.51. The zero-order valence-corrected chi connectivity index (χ0v) is 12.6. The number of hydrogen-bond donors (Lipinski definition) is 3. The second kappa shape index (κ2) is 7.17. The zero-order valence-electron chi connectivity index (χ0n) is 12.6. The highest BCUT2D eigenvalue weighted by Crippen LogP contribution is 2.27. The third-order valence-corrected chi connectivity index (χ3v) is 3.03. The summed E-state index contributed by atoms with van der Waals surface area (Å²) in [7, 11) is 2.98. The number of carbonyl (C=O) groups is 1. The molecule has 1 amide bonds. The number of aromatic hydroxyl groups is 2. The lowest BCUT2D eigenvalue weighted by Crippen LogP contribution is -2.17. The number of rotatable bonds is 5. The van der Waals surface area contributed by atoms with Gasteiger partial charge in [0.15, 0.2) is 11.5 Å². The van der Waals surface area contributed by atoms with Crippen LogP contribution in [0, 0.1) is 0 Å². The molecule has 120 valence electrons. The smallest absolute Gasteiger partial charge is 0.271 e. The summed E-state index contributed by atoms with van der Waals surface area (Å²) in [6.07, 6.45) is 1.23. The molecule has 0 aromatic heterocycles. The number of phenolic OH excluding ortho intramolecular Hbond substituents is 2. The van der Waals surface area contributed by atoms with Gasteiger partial charge in [-0.25, -0.2) is 5.43 Å². The van der Waals surface area contributed by atoms with E-state index in [2.05, 4.69) is 10.5 Å². The van der Waals surface area contributed by atoms with Gasteiger partial charge >= 0.3 is 0 Å². The number of ether oxygens (including phenoxy) is 2. The van der Waals surface area contributed by atoms with Crippen LogP contribution < -0.4 is 14.9 Å². The van der Waals surface area contributed by atoms with Crippen molar-refractivity contribution in [3.8, 4) is 23.0 Å². The van der Waals surface area contributed by atoms with E-state index in [9.17, 15) is 15.0 Å². The monoisotopic (exact) mass is 316 g/mol. The van der Waals surface area contributed by atoms with Crippen molar-refractivity contribution < 1.29 is 24.5 Å². The third-order valence-electron chi connectivity index (χ3n) is 3.03. The molecule has 0 aliphatic carbocycles. The Balaban J connectivity index is 2.10. The van der Waals surface area contributed by atoms with Gasteiger partial charge in [0.05, 0.1) is 20.4 Å². The highest BCUT2D eigenvalue weighted by Gasteiger charge is 2.10. The quantitative estimate of drug-likeness (QED) is 0.444. The first-order valence-electron chi connectivity index (χ1n) is 6.62. The van der Waals surface area contributed by atoms with Crippen molar-refractivity contribution in [2.45, 2.75) is 0 Å². The predicted molar refractivity (Wildman–Crippen MR) is 84.4 cm³/mol. The SMILES string of the molecule is COc1ccc(C(=O)N/N=C/c2cc(O)ccc2O)cc1OC. The largest absolute Gasteiger partial charge is 0.508 e. The molecule has 0 radical (unpaired) electrons. The van der Waals surface area contributed by atoms with E-state index < -0.39 is 5.91 Å². The van der Waals surface area contributed by atoms with E-state index in [1.54, 1.807) is 12.1 Å². The summed E-state index contributed by atoms with van der Waals surface area (Å²) >= 11 is 0. The van der Waals surface area contributed by atoms with Crippen molar-refractivity contribution in [1.82, 2.24) is 5.43 Å². The van der Waals surface area contributed by atoms with E-state index in [0.717, 1.165) is 0 Å². The summed E-state index contributed by atoms with van der Waals surface area (Å²) in [6, 6.07) is 8.69. The maximum atomic E-state index is 12.0. The maximum absolute atomic E-state index is 12.0. The lowest BCUT2D eigenvalue weighted by molar-refractivity contribution is 0.0954. The van der Waals surface area contributed by atoms with Gasteiger partial charge in [-0.05, 0) is 36.4 Å². The van der Waals surface area contributed by atoms with Gasteiger partial charge < -0.3 is 19.7 Å². The summed E-state index contributed by atoms with van der Waals surface area (Å²) in [4.78, 5) is 12.0. The number of hydrazone groups is 1. The minimum absolute atomic E-state index is 0.0181. The average molecular weight is 316 g/mol. The van der Waals surface area contributed by atoms with Crippen molar-refractivity contribution in [1.29, 1.82) is 0 Å². The Hall–Kier alpha value is -3.22. The van der Waals surface area contributed by atoms with Crippen molar-refractivity contribution >= 4 is 12.1 Å². The number of hydrogen-bond acceptors (Lipinski definition) is 6. The van der Waals surface area contributed by atoms with Crippen molar-refractivity contribution in [3.05, 3.63) is 47.5 Å². The summed E-state index contributed by atoms with van der Waals surface area (Å²) < 4.78 is 10.2. The van der Waals surface area contributed by atoms with Crippen molar-refractivity contribution in [2.75, 3.05) is 14.2 Å². The fourth-order valence-electron chi connectivity index (χ4n) is 1.85. The molecule has 0 atom stereocenters. The first kappa shape index (κ1) is 16.2. The van der Waals surface area contributed by atoms with E-state index in [-0.39, 0.29) is 17.1 Å². The Morgan fingerprint density at radius 1 is 1.09 bits per heavy atom. The van der Waals surface area contributed by atoms with E-state index in [1.807, 2.05) is 0 Å². The van der Waals surface area contributed by atoms with Crippen LogP contribution in [0.1, 0.15) is 15.9 Å². The van der Waals surface area contributed by atoms with Gasteiger partial charge in [-0.15, -0.1) is 0 Å². The fraction of sp³-hybridized carbons (Fsp3) is 0.125. The van der Waals surface area contributed by atoms with E-state index in [0.29, 0.717) is 17.1 Å². The van der Waals surface area contributed by atoms with Gasteiger partial charge in [-0.3, -0.25) is 4.79 Å². The molecular weight excluding hydrogens is 300 g/mol. The molecule has 0 aliphatic rings. The molecule has 0 aliphatic heterocycles. The maximum Gasteiger partial charge on any atom is 0.271 e. The number of methoxy groups -OCH3 is 2. The lowest BCUT2D eigenvalue weighted by atomic mass is 10.2. The Morgan fingerprint density at radius 3 is 2.52 bits per heavy atom. The number of carbonyl (C=O) groups excluding carboxylic acids is 1. The number of phenols is 2. The molecule has 3 N–H and O–H groups in total. The van der Waals surface area contributed by atoms with Crippen LogP contribution in [-0.4, -0.2) is 36.6 Å². The molecule has 2 aromatic carbocycles. The first-order chi connectivity index (χ1) is 11.0. The average Bonchev–Trinajstić information content (AvgIpc) is 2.57. The molecule has 0 heterocycles. The number of amides is 1. The highest BCUT2D eigenvalue weighted by atomic mass is 16.5. The number of benzene rings is 2. The van der Waals surface area contributed by atoms with Gasteiger partial charge in [-0.2, -0.15) is 5.10 Å². The molecule has 7 nitrogen and oxygen atoms in total. The van der Waals surface area contributed by atoms with E-state index in [1.165, 1.54) is 44.7 Å². The summed E-state index contributed by atoms with van der Waals surface area (Å²) in [5, 5.41) is 22.7. The Kier molecular flexibility index (Phi) is 5.03. The first-order valence-corrected chi connectivity index (χ1v) is 6.62. The molecular formula is C16H16N2O5. The van der Waals surface area contributed by atoms with Crippen LogP contribution in [0.5, 0.6) is 23.0 Å². The molecule has 0 bridgehead atoms. The van der Waals surface area contributed by atoms with Crippen LogP contribution in [0.2, 0.25) is 0 Å². The lowest BCUT2D eigenvalue weighted by Gasteiger charge is -2.08. The molecule has 0 unspecified atom stereocenters. The summed E-state index contributed by atoms with van der Waals surface area (Å²) in [5.74, 6) is 0.399. The molecule has 23 heavy (non-hydrogen) atoms. The second-order valence-electron chi connectivity index (χ2n) is 4.51. The van der Waals surface area contributed by atoms with Gasteiger partial charge in [0.1, 0.15) is 11.5 Å². The molecule has 0 fully saturated rings. The van der Waals surface area contributed by atoms with Gasteiger partial charge in [-0.1, -0.05) is 0 Å². The molecule has 2 aromatic rings. The summed E-state index contributed by atoms with van der Waals surface area (Å²) in [5.41, 5.74) is 2.93. The Labute approximate surface area is 132 Å². The van der Waals surface area contributed by atoms with Crippen molar-refractivity contribution in [2.24, 2.45) is 5.10 Å². The normalized spacial score (nSPS) is 10.5. The third kappa shape index (κ3) is 3.91. The van der Waals surface area contributed by atoms with Crippen LogP contribution in [0.25, 0.3) is 0 Å². The molecule has 0 saturated carbocycles. The van der Waals surface area contributed by atoms with Crippen molar-refractivity contribution in [3.63, 3.8) is 0 Å². The fourth-order valence-corrected chi connectivity index (χ4v) is 1.85. The van der Waals surface area contributed by atoms with Gasteiger partial charge in [0.25, 0.3) is 5.91 Å². The van der Waals surface area contributed by atoms with E-state index >= 15 is 0 Å². The van der Waals surface area contributed by atoms with E-state index in [4.69, 9.17) is 9.47 Å². The molecule has 0 saturated heterocycles. The minimum Gasteiger partial charge on any atom is -0.508 e. The van der Waals surface area contributed by atoms with Crippen LogP contribution in [0.15, 0.2) is 41.5 Å². The summed E-state index contributed by atoms with van der Waals surface area (Å²) in [6.45, 7) is 0. The number of nitrogens with one attached hydrogen (secondary N) is 1. The Bertz CT molecular complexity index is 743. The predicted octanol–water partition coefficient (Wildman–Crippen LogP) is 1.88. The van der Waals surface area contributed by atoms with Crippen LogP contribution >= 0.6 is 0 Å². The molecule has 0 spiro atoms. The highest BCUT2D eigenvalue weighted by molar-refractivity contribution is 5.95. The van der Waals surface area contributed by atoms with Crippen LogP contribution in [0.3, 0.4) is 0 Å². The van der Waals surface area contributed by atoms with Gasteiger partial charge in [0, 0.05) is 11.1 Å². The van der Waals surface area contributed by atoms with Crippen LogP contribution in [0.4, 0.5) is 0 Å². The van der Waals surface area contributed by atoms with Crippen LogP contribution in [-0.2, 0) is 0 Å². The Morgan fingerprint density at radius 2 is 1.83 bits per heavy atom. The number of nitrogens with zero attached hydrogens (tertiary/aromatic N) is 1. The molecule has 7 heteroatoms. The minimum atomic E-state index is -0.457.